The van der Waals surface area contributed by atoms with Gasteiger partial charge in [0.15, 0.2) is 0 Å². The van der Waals surface area contributed by atoms with Crippen molar-refractivity contribution in [1.82, 2.24) is 4.98 Å². The second kappa shape index (κ2) is 14.5. The van der Waals surface area contributed by atoms with Crippen LogP contribution in [0.15, 0.2) is 30.3 Å². The van der Waals surface area contributed by atoms with E-state index in [0.29, 0.717) is 11.3 Å². The van der Waals surface area contributed by atoms with Gasteiger partial charge in [-0.3, -0.25) is 4.98 Å². The van der Waals surface area contributed by atoms with Crippen molar-refractivity contribution in [2.24, 2.45) is 10.8 Å². The number of thiol groups is 1. The first-order valence-corrected chi connectivity index (χ1v) is 16.2. The smallest absolute Gasteiger partial charge is 0.106 e. The van der Waals surface area contributed by atoms with E-state index in [-0.39, 0.29) is 11.3 Å². The number of nitrogens with zero attached hydrogens (tertiary/aromatic N) is 1. The Morgan fingerprint density at radius 2 is 1.55 bits per heavy atom. The molecule has 0 aliphatic heterocycles. The third kappa shape index (κ3) is 8.69. The van der Waals surface area contributed by atoms with Crippen LogP contribution in [-0.4, -0.2) is 21.5 Å². The number of rotatable bonds is 5. The lowest BCUT2D eigenvalue weighted by Gasteiger charge is -2.37. The van der Waals surface area contributed by atoms with Gasteiger partial charge in [0.2, 0.25) is 0 Å². The molecule has 1 aromatic heterocycles. The largest absolute Gasteiger partial charge is 0.388 e. The topological polar surface area (TPSA) is 53.4 Å². The van der Waals surface area contributed by atoms with Crippen molar-refractivity contribution in [2.75, 3.05) is 6.26 Å². The Hall–Kier alpha value is -1.62. The molecule has 2 aromatic rings. The van der Waals surface area contributed by atoms with E-state index in [1.165, 1.54) is 17.6 Å². The van der Waals surface area contributed by atoms with E-state index in [1.54, 1.807) is 6.26 Å². The zero-order valence-electron chi connectivity index (χ0n) is 27.2. The fraction of sp³-hybridized carbons (Fsp3) is 0.639. The lowest BCUT2D eigenvalue weighted by atomic mass is 9.71. The highest BCUT2D eigenvalue weighted by atomic mass is 32.1. The van der Waals surface area contributed by atoms with Gasteiger partial charge >= 0.3 is 0 Å². The Balaban J connectivity index is 0.000000622. The van der Waals surface area contributed by atoms with Gasteiger partial charge in [0.25, 0.3) is 0 Å². The molecule has 2 N–H and O–H groups in total. The zero-order valence-corrected chi connectivity index (χ0v) is 28.1. The van der Waals surface area contributed by atoms with Gasteiger partial charge < -0.3 is 10.2 Å². The van der Waals surface area contributed by atoms with Crippen LogP contribution in [0.2, 0.25) is 0 Å². The molecule has 0 radical (unpaired) electrons. The highest BCUT2D eigenvalue weighted by Gasteiger charge is 2.38. The predicted octanol–water partition coefficient (Wildman–Crippen LogP) is 9.97. The van der Waals surface area contributed by atoms with E-state index in [0.717, 1.165) is 65.7 Å². The number of aliphatic hydroxyl groups excluding tert-OH is 2. The molecule has 4 heteroatoms. The lowest BCUT2D eigenvalue weighted by molar-refractivity contribution is 0.0972. The average Bonchev–Trinajstić information content (AvgIpc) is 3.42. The van der Waals surface area contributed by atoms with Crippen LogP contribution in [0.3, 0.4) is 0 Å². The molecule has 0 saturated heterocycles. The van der Waals surface area contributed by atoms with Crippen molar-refractivity contribution >= 4 is 18.2 Å². The summed E-state index contributed by atoms with van der Waals surface area (Å²) in [5.41, 5.74) is 8.94. The quantitative estimate of drug-likeness (QED) is 0.315. The summed E-state index contributed by atoms with van der Waals surface area (Å²) in [7, 11) is 0. The number of fused-ring (bicyclic) bond motifs is 1. The number of benzene rings is 1. The summed E-state index contributed by atoms with van der Waals surface area (Å²) in [5, 5.41) is 23.0. The van der Waals surface area contributed by atoms with Gasteiger partial charge in [-0.15, -0.1) is 0 Å². The standard InChI is InChI=1S/C29H39NO2.C6H14.CH4S/c1-17(2)19-11-13-21(14-12-19)28(32)26-24(20-9-7-8-10-20)25-22(30-27(26)18(3)4)15-29(5,6)16-23(25)31;1-5-6(2,3)4;1-2/h9,11-14,17-18,23,28,31-32H,7-8,10,15-16H2,1-6H3;5H2,1-4H3;2H,1H3. The van der Waals surface area contributed by atoms with Crippen LogP contribution in [0.4, 0.5) is 0 Å². The van der Waals surface area contributed by atoms with Crippen LogP contribution < -0.4 is 0 Å². The first-order chi connectivity index (χ1) is 18.6. The van der Waals surface area contributed by atoms with Crippen LogP contribution in [0.25, 0.3) is 5.57 Å². The summed E-state index contributed by atoms with van der Waals surface area (Å²) in [6.45, 7) is 22.0. The number of pyridine rings is 1. The molecule has 0 fully saturated rings. The highest BCUT2D eigenvalue weighted by Crippen LogP contribution is 2.48. The van der Waals surface area contributed by atoms with Gasteiger partial charge in [0.05, 0.1) is 6.10 Å². The maximum Gasteiger partial charge on any atom is 0.106 e. The summed E-state index contributed by atoms with van der Waals surface area (Å²) < 4.78 is 0. The van der Waals surface area contributed by atoms with Crippen LogP contribution in [0, 0.1) is 10.8 Å². The Bertz CT molecular complexity index is 1120. The Morgan fingerprint density at radius 1 is 1.00 bits per heavy atom. The predicted molar refractivity (Wildman–Crippen MR) is 176 cm³/mol. The summed E-state index contributed by atoms with van der Waals surface area (Å²) >= 11 is 3.53. The lowest BCUT2D eigenvalue weighted by Crippen LogP contribution is -2.29. The normalized spacial score (nSPS) is 18.8. The van der Waals surface area contributed by atoms with Gasteiger partial charge in [-0.05, 0) is 83.3 Å². The minimum Gasteiger partial charge on any atom is -0.388 e. The number of aliphatic hydroxyl groups is 2. The fourth-order valence-corrected chi connectivity index (χ4v) is 5.52. The molecule has 3 nitrogen and oxygen atoms in total. The molecule has 0 spiro atoms. The van der Waals surface area contributed by atoms with Crippen LogP contribution in [0.1, 0.15) is 165 Å². The number of hydrogen-bond donors (Lipinski definition) is 3. The Kier molecular flexibility index (Phi) is 12.5. The van der Waals surface area contributed by atoms with Gasteiger partial charge in [0.1, 0.15) is 6.10 Å². The Labute approximate surface area is 251 Å². The first-order valence-electron chi connectivity index (χ1n) is 15.3. The van der Waals surface area contributed by atoms with Crippen LogP contribution in [0.5, 0.6) is 0 Å². The molecule has 1 heterocycles. The summed E-state index contributed by atoms with van der Waals surface area (Å²) in [4.78, 5) is 5.14. The molecule has 0 saturated carbocycles. The minimum atomic E-state index is -0.759. The van der Waals surface area contributed by atoms with Gasteiger partial charge in [-0.25, -0.2) is 0 Å². The van der Waals surface area contributed by atoms with Crippen molar-refractivity contribution in [1.29, 1.82) is 0 Å². The molecule has 2 atom stereocenters. The molecular weight excluding hydrogens is 510 g/mol. The minimum absolute atomic E-state index is 0.0157. The second-order valence-corrected chi connectivity index (χ2v) is 14.1. The molecule has 0 amide bonds. The van der Waals surface area contributed by atoms with E-state index >= 15 is 0 Å². The average molecular weight is 568 g/mol. The van der Waals surface area contributed by atoms with Gasteiger partial charge in [-0.1, -0.05) is 106 Å². The third-order valence-electron chi connectivity index (χ3n) is 8.27. The molecule has 2 aliphatic carbocycles. The summed E-state index contributed by atoms with van der Waals surface area (Å²) in [5.74, 6) is 0.637. The van der Waals surface area contributed by atoms with Crippen LogP contribution >= 0.6 is 12.6 Å². The summed E-state index contributed by atoms with van der Waals surface area (Å²) in [6.07, 6.45) is 8.74. The number of aromatic nitrogens is 1. The Morgan fingerprint density at radius 3 is 2.00 bits per heavy atom. The van der Waals surface area contributed by atoms with Crippen LogP contribution in [-0.2, 0) is 6.42 Å². The first kappa shape index (κ1) is 34.6. The monoisotopic (exact) mass is 567 g/mol. The SMILES string of the molecule is CC(C)c1ccc(C(O)c2c(C(C)C)nc3c(c2C2=CCCC2)C(O)CC(C)(C)C3)cc1.CCC(C)(C)C.CS. The molecular formula is C36H57NO2S. The third-order valence-corrected chi connectivity index (χ3v) is 8.27. The molecule has 40 heavy (non-hydrogen) atoms. The maximum absolute atomic E-state index is 11.7. The zero-order chi connectivity index (χ0) is 30.4. The van der Waals surface area contributed by atoms with Crippen molar-refractivity contribution in [3.63, 3.8) is 0 Å². The number of hydrogen-bond acceptors (Lipinski definition) is 4. The summed E-state index contributed by atoms with van der Waals surface area (Å²) in [6, 6.07) is 8.35. The number of allylic oxidation sites excluding steroid dienone is 2. The van der Waals surface area contributed by atoms with E-state index in [1.807, 2.05) is 0 Å². The van der Waals surface area contributed by atoms with E-state index < -0.39 is 12.2 Å². The molecule has 224 valence electrons. The second-order valence-electron chi connectivity index (χ2n) is 14.1. The maximum atomic E-state index is 11.7. The molecule has 1 aromatic carbocycles. The van der Waals surface area contributed by atoms with E-state index in [2.05, 4.69) is 112 Å². The highest BCUT2D eigenvalue weighted by molar-refractivity contribution is 7.79. The van der Waals surface area contributed by atoms with Crippen molar-refractivity contribution in [2.45, 2.75) is 132 Å². The fourth-order valence-electron chi connectivity index (χ4n) is 5.52. The van der Waals surface area contributed by atoms with Crippen molar-refractivity contribution in [3.8, 4) is 0 Å². The molecule has 2 aliphatic rings. The van der Waals surface area contributed by atoms with E-state index in [4.69, 9.17) is 4.98 Å². The van der Waals surface area contributed by atoms with Gasteiger partial charge in [-0.2, -0.15) is 12.6 Å². The van der Waals surface area contributed by atoms with Crippen molar-refractivity contribution in [3.05, 3.63) is 69.5 Å². The van der Waals surface area contributed by atoms with E-state index in [9.17, 15) is 10.2 Å². The van der Waals surface area contributed by atoms with Gasteiger partial charge in [0, 0.05) is 22.5 Å². The molecule has 2 unspecified atom stereocenters. The van der Waals surface area contributed by atoms with Crippen molar-refractivity contribution < 1.29 is 10.2 Å². The molecule has 0 bridgehead atoms. The molecule has 4 rings (SSSR count).